The first-order valence-corrected chi connectivity index (χ1v) is 8.37. The molecule has 142 valence electrons. The van der Waals surface area contributed by atoms with Crippen LogP contribution < -0.4 is 10.5 Å². The molecule has 4 nitrogen and oxygen atoms in total. The van der Waals surface area contributed by atoms with Gasteiger partial charge in [0.2, 0.25) is 0 Å². The molecule has 0 amide bonds. The third-order valence-electron chi connectivity index (χ3n) is 3.76. The molecule has 26 heavy (non-hydrogen) atoms. The zero-order chi connectivity index (χ0) is 19.5. The lowest BCUT2D eigenvalue weighted by atomic mass is 9.93. The summed E-state index contributed by atoms with van der Waals surface area (Å²) in [6, 6.07) is 4.33. The lowest BCUT2D eigenvalue weighted by Crippen LogP contribution is -2.35. The second-order valence-corrected chi connectivity index (χ2v) is 7.36. The van der Waals surface area contributed by atoms with E-state index in [1.165, 1.54) is 0 Å². The van der Waals surface area contributed by atoms with Crippen LogP contribution in [0.1, 0.15) is 38.4 Å². The van der Waals surface area contributed by atoms with Gasteiger partial charge >= 0.3 is 6.18 Å². The van der Waals surface area contributed by atoms with Crippen molar-refractivity contribution in [1.29, 1.82) is 0 Å². The molecule has 0 radical (unpaired) electrons. The van der Waals surface area contributed by atoms with Gasteiger partial charge in [-0.15, -0.1) is 0 Å². The summed E-state index contributed by atoms with van der Waals surface area (Å²) in [5.41, 5.74) is 6.21. The molecule has 2 aromatic rings. The van der Waals surface area contributed by atoms with Crippen molar-refractivity contribution in [2.45, 2.75) is 45.8 Å². The summed E-state index contributed by atoms with van der Waals surface area (Å²) in [5.74, 6) is -0.257. The van der Waals surface area contributed by atoms with E-state index in [1.807, 2.05) is 20.8 Å². The molecular weight excluding hydrogens is 343 g/mol. The number of pyridine rings is 2. The maximum absolute atomic E-state index is 13.5. The number of hydrogen-bond acceptors (Lipinski definition) is 4. The number of hydrogen-bond donors (Lipinski definition) is 1. The van der Waals surface area contributed by atoms with Crippen LogP contribution in [0.5, 0.6) is 5.75 Å². The maximum Gasteiger partial charge on any atom is 0.420 e. The normalized spacial score (nSPS) is 13.5. The molecule has 0 spiro atoms. The predicted molar refractivity (Wildman–Crippen MR) is 94.7 cm³/mol. The standard InChI is InChI=1S/C19H24F3N3O/c1-12(9-18(3,4)23)11-26-17-10-25-16(8-15(17)19(20,21)22)14-5-6-24-13(2)7-14/h5-8,10,12H,9,11,23H2,1-4H3/t12-/m0/s1. The lowest BCUT2D eigenvalue weighted by molar-refractivity contribution is -0.139. The van der Waals surface area contributed by atoms with Crippen LogP contribution >= 0.6 is 0 Å². The first-order chi connectivity index (χ1) is 12.0. The van der Waals surface area contributed by atoms with Crippen LogP contribution in [0.25, 0.3) is 11.3 Å². The molecule has 0 saturated carbocycles. The van der Waals surface area contributed by atoms with Gasteiger partial charge in [0, 0.05) is 23.0 Å². The molecule has 2 aromatic heterocycles. The third-order valence-corrected chi connectivity index (χ3v) is 3.76. The first kappa shape index (κ1) is 20.2. The van der Waals surface area contributed by atoms with Crippen molar-refractivity contribution < 1.29 is 17.9 Å². The topological polar surface area (TPSA) is 61.0 Å². The molecule has 2 heterocycles. The third kappa shape index (κ3) is 5.69. The smallest absolute Gasteiger partial charge is 0.420 e. The Morgan fingerprint density at radius 1 is 1.19 bits per heavy atom. The maximum atomic E-state index is 13.5. The summed E-state index contributed by atoms with van der Waals surface area (Å²) >= 11 is 0. The van der Waals surface area contributed by atoms with Gasteiger partial charge in [0.1, 0.15) is 11.3 Å². The van der Waals surface area contributed by atoms with Crippen molar-refractivity contribution in [3.8, 4) is 17.0 Å². The zero-order valence-electron chi connectivity index (χ0n) is 15.4. The highest BCUT2D eigenvalue weighted by Crippen LogP contribution is 2.38. The molecule has 0 aliphatic heterocycles. The van der Waals surface area contributed by atoms with Crippen LogP contribution in [0, 0.1) is 12.8 Å². The van der Waals surface area contributed by atoms with E-state index in [4.69, 9.17) is 10.5 Å². The van der Waals surface area contributed by atoms with Gasteiger partial charge in [0.25, 0.3) is 0 Å². The number of rotatable bonds is 6. The molecule has 0 unspecified atom stereocenters. The van der Waals surface area contributed by atoms with Crippen molar-refractivity contribution in [3.05, 3.63) is 41.9 Å². The van der Waals surface area contributed by atoms with Gasteiger partial charge in [-0.1, -0.05) is 6.92 Å². The minimum atomic E-state index is -4.54. The summed E-state index contributed by atoms with van der Waals surface area (Å²) in [6.07, 6.45) is -1.23. The summed E-state index contributed by atoms with van der Waals surface area (Å²) in [6.45, 7) is 7.55. The quantitative estimate of drug-likeness (QED) is 0.810. The van der Waals surface area contributed by atoms with Crippen LogP contribution in [0.4, 0.5) is 13.2 Å². The largest absolute Gasteiger partial charge is 0.491 e. The molecule has 0 fully saturated rings. The van der Waals surface area contributed by atoms with E-state index in [2.05, 4.69) is 9.97 Å². The average molecular weight is 367 g/mol. The number of nitrogens with zero attached hydrogens (tertiary/aromatic N) is 2. The van der Waals surface area contributed by atoms with Crippen LogP contribution in [0.15, 0.2) is 30.6 Å². The second-order valence-electron chi connectivity index (χ2n) is 7.36. The molecule has 0 saturated heterocycles. The van der Waals surface area contributed by atoms with Crippen LogP contribution in [-0.2, 0) is 6.18 Å². The highest BCUT2D eigenvalue weighted by Gasteiger charge is 2.35. The van der Waals surface area contributed by atoms with E-state index >= 15 is 0 Å². The fraction of sp³-hybridized carbons (Fsp3) is 0.474. The van der Waals surface area contributed by atoms with E-state index in [9.17, 15) is 13.2 Å². The Balaban J connectivity index is 2.27. The fourth-order valence-corrected chi connectivity index (χ4v) is 2.83. The Morgan fingerprint density at radius 3 is 2.46 bits per heavy atom. The number of aryl methyl sites for hydroxylation is 1. The van der Waals surface area contributed by atoms with Gasteiger partial charge < -0.3 is 10.5 Å². The van der Waals surface area contributed by atoms with Gasteiger partial charge in [-0.25, -0.2) is 0 Å². The molecule has 7 heteroatoms. The molecular formula is C19H24F3N3O. The highest BCUT2D eigenvalue weighted by atomic mass is 19.4. The van der Waals surface area contributed by atoms with Crippen LogP contribution in [-0.4, -0.2) is 22.1 Å². The molecule has 0 aliphatic rings. The Labute approximate surface area is 151 Å². The minimum absolute atomic E-state index is 0.0126. The van der Waals surface area contributed by atoms with E-state index in [0.29, 0.717) is 17.7 Å². The predicted octanol–water partition coefficient (Wildman–Crippen LogP) is 4.61. The zero-order valence-corrected chi connectivity index (χ0v) is 15.4. The van der Waals surface area contributed by atoms with Crippen molar-refractivity contribution >= 4 is 0 Å². The monoisotopic (exact) mass is 367 g/mol. The Bertz CT molecular complexity index is 754. The van der Waals surface area contributed by atoms with Gasteiger partial charge in [-0.3, -0.25) is 9.97 Å². The van der Waals surface area contributed by atoms with Gasteiger partial charge in [0.15, 0.2) is 0 Å². The van der Waals surface area contributed by atoms with Gasteiger partial charge in [-0.05, 0) is 51.3 Å². The van der Waals surface area contributed by atoms with Gasteiger partial charge in [-0.2, -0.15) is 13.2 Å². The molecule has 0 bridgehead atoms. The minimum Gasteiger partial charge on any atom is -0.491 e. The Kier molecular flexibility index (Phi) is 5.91. The Hall–Kier alpha value is -2.15. The summed E-state index contributed by atoms with van der Waals surface area (Å²) in [7, 11) is 0. The van der Waals surface area contributed by atoms with Gasteiger partial charge in [0.05, 0.1) is 18.5 Å². The van der Waals surface area contributed by atoms with E-state index < -0.39 is 17.3 Å². The van der Waals surface area contributed by atoms with Crippen LogP contribution in [0.2, 0.25) is 0 Å². The van der Waals surface area contributed by atoms with E-state index in [0.717, 1.165) is 12.3 Å². The van der Waals surface area contributed by atoms with Crippen LogP contribution in [0.3, 0.4) is 0 Å². The highest BCUT2D eigenvalue weighted by molar-refractivity contribution is 5.61. The SMILES string of the molecule is Cc1cc(-c2cc(C(F)(F)F)c(OC[C@@H](C)CC(C)(C)N)cn2)ccn1. The second kappa shape index (κ2) is 7.61. The number of ether oxygens (including phenoxy) is 1. The number of alkyl halides is 3. The number of nitrogens with two attached hydrogens (primary N) is 1. The summed E-state index contributed by atoms with van der Waals surface area (Å²) < 4.78 is 45.9. The van der Waals surface area contributed by atoms with Crippen molar-refractivity contribution in [3.63, 3.8) is 0 Å². The molecule has 0 aliphatic carbocycles. The average Bonchev–Trinajstić information content (AvgIpc) is 2.50. The van der Waals surface area contributed by atoms with Crippen molar-refractivity contribution in [2.24, 2.45) is 11.7 Å². The number of halogens is 3. The molecule has 2 rings (SSSR count). The van der Waals surface area contributed by atoms with Crippen molar-refractivity contribution in [1.82, 2.24) is 9.97 Å². The lowest BCUT2D eigenvalue weighted by Gasteiger charge is -2.24. The molecule has 0 aromatic carbocycles. The van der Waals surface area contributed by atoms with E-state index in [-0.39, 0.29) is 24.0 Å². The molecule has 2 N–H and O–H groups in total. The Morgan fingerprint density at radius 2 is 1.88 bits per heavy atom. The summed E-state index contributed by atoms with van der Waals surface area (Å²) in [5, 5.41) is 0. The number of aromatic nitrogens is 2. The summed E-state index contributed by atoms with van der Waals surface area (Å²) in [4.78, 5) is 8.19. The fourth-order valence-electron chi connectivity index (χ4n) is 2.83. The van der Waals surface area contributed by atoms with Crippen molar-refractivity contribution in [2.75, 3.05) is 6.61 Å². The first-order valence-electron chi connectivity index (χ1n) is 8.37. The molecule has 1 atom stereocenters. The van der Waals surface area contributed by atoms with E-state index in [1.54, 1.807) is 25.3 Å².